The number of hydrogen-bond donors (Lipinski definition) is 0. The molecule has 0 fully saturated rings. The monoisotopic (exact) mass is 162 g/mol. The Morgan fingerprint density at radius 3 is 2.00 bits per heavy atom. The Morgan fingerprint density at radius 2 is 2.00 bits per heavy atom. The minimum absolute atomic E-state index is 0.525. The van der Waals surface area contributed by atoms with Crippen LogP contribution in [0.2, 0.25) is 0 Å². The first kappa shape index (κ1) is 7.22. The van der Waals surface area contributed by atoms with Crippen LogP contribution in [0.5, 0.6) is 0 Å². The lowest BCUT2D eigenvalue weighted by molar-refractivity contribution is 1.21. The van der Waals surface area contributed by atoms with Gasteiger partial charge in [-0.2, -0.15) is 0 Å². The van der Waals surface area contributed by atoms with E-state index in [1.807, 2.05) is 0 Å². The van der Waals surface area contributed by atoms with Crippen molar-refractivity contribution in [1.82, 2.24) is 0 Å². The number of hydrogen-bond acceptors (Lipinski definition) is 0. The highest BCUT2D eigenvalue weighted by atomic mass is 79.9. The van der Waals surface area contributed by atoms with Gasteiger partial charge in [0.15, 0.2) is 0 Å². The molecular formula is C6H11Br. The Kier molecular flexibility index (Phi) is 3.35. The number of rotatable bonds is 1. The van der Waals surface area contributed by atoms with Crippen LogP contribution in [-0.2, 0) is 0 Å². The molecule has 0 bridgehead atoms. The molecule has 0 saturated carbocycles. The highest BCUT2D eigenvalue weighted by Gasteiger charge is 1.84. The molecule has 0 saturated heterocycles. The van der Waals surface area contributed by atoms with Gasteiger partial charge in [-0.15, -0.1) is 0 Å². The van der Waals surface area contributed by atoms with Crippen LogP contribution in [0, 0.1) is 0 Å². The fraction of sp³-hybridized carbons (Fsp3) is 0.667. The maximum absolute atomic E-state index is 3.40. The standard InChI is InChI=1S/C6H11Br/c1-5(2)4-6(3)7/h4,6H,1-3H3. The third kappa shape index (κ3) is 6.22. The van der Waals surface area contributed by atoms with Crippen LogP contribution in [0.4, 0.5) is 0 Å². The maximum atomic E-state index is 3.40. The summed E-state index contributed by atoms with van der Waals surface area (Å²) in [4.78, 5) is 0.525. The van der Waals surface area contributed by atoms with Crippen LogP contribution < -0.4 is 0 Å². The molecule has 0 nitrogen and oxygen atoms in total. The molecule has 0 aliphatic heterocycles. The van der Waals surface area contributed by atoms with Gasteiger partial charge >= 0.3 is 0 Å². The molecule has 1 atom stereocenters. The van der Waals surface area contributed by atoms with E-state index in [2.05, 4.69) is 42.8 Å². The Morgan fingerprint density at radius 1 is 1.57 bits per heavy atom. The molecule has 42 valence electrons. The van der Waals surface area contributed by atoms with Crippen LogP contribution in [0.15, 0.2) is 11.6 Å². The van der Waals surface area contributed by atoms with Gasteiger partial charge in [-0.05, 0) is 20.8 Å². The van der Waals surface area contributed by atoms with Gasteiger partial charge in [0.2, 0.25) is 0 Å². The van der Waals surface area contributed by atoms with Crippen molar-refractivity contribution < 1.29 is 0 Å². The van der Waals surface area contributed by atoms with Gasteiger partial charge in [-0.1, -0.05) is 27.6 Å². The van der Waals surface area contributed by atoms with Crippen LogP contribution in [0.25, 0.3) is 0 Å². The Labute approximate surface area is 53.7 Å². The Balaban J connectivity index is 3.45. The summed E-state index contributed by atoms with van der Waals surface area (Å²) in [6.07, 6.45) is 2.17. The molecule has 1 heteroatoms. The lowest BCUT2D eigenvalue weighted by atomic mass is 10.3. The number of halogens is 1. The minimum Gasteiger partial charge on any atom is -0.0848 e. The van der Waals surface area contributed by atoms with E-state index >= 15 is 0 Å². The first-order chi connectivity index (χ1) is 3.13. The zero-order valence-corrected chi connectivity index (χ0v) is 6.62. The molecular weight excluding hydrogens is 152 g/mol. The third-order valence-electron chi connectivity index (χ3n) is 0.563. The van der Waals surface area contributed by atoms with Gasteiger partial charge in [-0.3, -0.25) is 0 Å². The molecule has 0 aliphatic carbocycles. The van der Waals surface area contributed by atoms with Crippen molar-refractivity contribution in [2.24, 2.45) is 0 Å². The Hall–Kier alpha value is 0.220. The van der Waals surface area contributed by atoms with Crippen molar-refractivity contribution in [1.29, 1.82) is 0 Å². The highest BCUT2D eigenvalue weighted by Crippen LogP contribution is 2.01. The predicted octanol–water partition coefficient (Wildman–Crippen LogP) is 2.74. The van der Waals surface area contributed by atoms with Crippen molar-refractivity contribution in [3.63, 3.8) is 0 Å². The molecule has 0 N–H and O–H groups in total. The summed E-state index contributed by atoms with van der Waals surface area (Å²) in [5.41, 5.74) is 1.37. The van der Waals surface area contributed by atoms with Gasteiger partial charge in [0, 0.05) is 4.83 Å². The molecule has 0 aromatic rings. The highest BCUT2D eigenvalue weighted by molar-refractivity contribution is 9.09. The van der Waals surface area contributed by atoms with Crippen molar-refractivity contribution in [2.75, 3.05) is 0 Å². The first-order valence-electron chi connectivity index (χ1n) is 2.42. The lowest BCUT2D eigenvalue weighted by Crippen LogP contribution is -1.80. The fourth-order valence-corrected chi connectivity index (χ4v) is 0.988. The van der Waals surface area contributed by atoms with Crippen LogP contribution in [0.3, 0.4) is 0 Å². The van der Waals surface area contributed by atoms with E-state index in [0.29, 0.717) is 4.83 Å². The van der Waals surface area contributed by atoms with Gasteiger partial charge in [0.05, 0.1) is 0 Å². The van der Waals surface area contributed by atoms with Crippen LogP contribution >= 0.6 is 15.9 Å². The van der Waals surface area contributed by atoms with Gasteiger partial charge in [0.25, 0.3) is 0 Å². The van der Waals surface area contributed by atoms with Crippen molar-refractivity contribution in [2.45, 2.75) is 25.6 Å². The third-order valence-corrected chi connectivity index (χ3v) is 0.827. The largest absolute Gasteiger partial charge is 0.0848 e. The molecule has 0 radical (unpaired) electrons. The summed E-state index contributed by atoms with van der Waals surface area (Å²) in [6.45, 7) is 6.29. The van der Waals surface area contributed by atoms with Gasteiger partial charge < -0.3 is 0 Å². The normalized spacial score (nSPS) is 13.1. The van der Waals surface area contributed by atoms with Crippen molar-refractivity contribution >= 4 is 15.9 Å². The average molecular weight is 163 g/mol. The topological polar surface area (TPSA) is 0 Å². The van der Waals surface area contributed by atoms with Gasteiger partial charge in [-0.25, -0.2) is 0 Å². The summed E-state index contributed by atoms with van der Waals surface area (Å²) in [5, 5.41) is 0. The van der Waals surface area contributed by atoms with E-state index in [1.54, 1.807) is 0 Å². The molecule has 0 aromatic carbocycles. The summed E-state index contributed by atoms with van der Waals surface area (Å²) >= 11 is 3.40. The molecule has 0 aliphatic rings. The second-order valence-corrected chi connectivity index (χ2v) is 3.37. The SMILES string of the molecule is CC(C)=CC(C)Br. The summed E-state index contributed by atoms with van der Waals surface area (Å²) in [7, 11) is 0. The molecule has 0 rings (SSSR count). The molecule has 0 aromatic heterocycles. The fourth-order valence-electron chi connectivity index (χ4n) is 0.459. The van der Waals surface area contributed by atoms with E-state index in [-0.39, 0.29) is 0 Å². The minimum atomic E-state index is 0.525. The summed E-state index contributed by atoms with van der Waals surface area (Å²) in [6, 6.07) is 0. The maximum Gasteiger partial charge on any atom is 0.0299 e. The number of alkyl halides is 1. The van der Waals surface area contributed by atoms with Crippen molar-refractivity contribution in [3.05, 3.63) is 11.6 Å². The van der Waals surface area contributed by atoms with E-state index < -0.39 is 0 Å². The van der Waals surface area contributed by atoms with Crippen LogP contribution in [-0.4, -0.2) is 4.83 Å². The molecule has 1 unspecified atom stereocenters. The molecule has 0 spiro atoms. The molecule has 7 heavy (non-hydrogen) atoms. The Bertz CT molecular complexity index is 68.2. The van der Waals surface area contributed by atoms with E-state index in [4.69, 9.17) is 0 Å². The van der Waals surface area contributed by atoms with Crippen molar-refractivity contribution in [3.8, 4) is 0 Å². The molecule has 0 heterocycles. The quantitative estimate of drug-likeness (QED) is 0.411. The smallest absolute Gasteiger partial charge is 0.0299 e. The predicted molar refractivity (Wildman–Crippen MR) is 37.8 cm³/mol. The van der Waals surface area contributed by atoms with Gasteiger partial charge in [0.1, 0.15) is 0 Å². The zero-order valence-electron chi connectivity index (χ0n) is 5.03. The second kappa shape index (κ2) is 3.25. The molecule has 0 amide bonds. The van der Waals surface area contributed by atoms with E-state index in [9.17, 15) is 0 Å². The lowest BCUT2D eigenvalue weighted by Gasteiger charge is -1.91. The van der Waals surface area contributed by atoms with E-state index in [0.717, 1.165) is 0 Å². The number of allylic oxidation sites excluding steroid dienone is 2. The summed E-state index contributed by atoms with van der Waals surface area (Å²) in [5.74, 6) is 0. The zero-order chi connectivity index (χ0) is 5.86. The first-order valence-corrected chi connectivity index (χ1v) is 3.33. The average Bonchev–Trinajstić information content (AvgIpc) is 1.27. The second-order valence-electron chi connectivity index (χ2n) is 1.92. The summed E-state index contributed by atoms with van der Waals surface area (Å²) < 4.78 is 0. The van der Waals surface area contributed by atoms with E-state index in [1.165, 1.54) is 5.57 Å². The van der Waals surface area contributed by atoms with Crippen LogP contribution in [0.1, 0.15) is 20.8 Å².